The average Bonchev–Trinajstić information content (AvgIpc) is 2.75. The summed E-state index contributed by atoms with van der Waals surface area (Å²) in [6, 6.07) is 9.32. The van der Waals surface area contributed by atoms with Crippen molar-refractivity contribution in [3.63, 3.8) is 0 Å². The van der Waals surface area contributed by atoms with E-state index in [-0.39, 0.29) is 28.0 Å². The third-order valence-corrected chi connectivity index (χ3v) is 8.87. The van der Waals surface area contributed by atoms with Gasteiger partial charge < -0.3 is 13.9 Å². The van der Waals surface area contributed by atoms with Crippen LogP contribution in [0.2, 0.25) is 0 Å². The molecule has 32 heavy (non-hydrogen) atoms. The highest BCUT2D eigenvalue weighted by molar-refractivity contribution is 5.85. The highest BCUT2D eigenvalue weighted by Crippen LogP contribution is 2.63. The predicted octanol–water partition coefficient (Wildman–Crippen LogP) is 5.43. The zero-order valence-corrected chi connectivity index (χ0v) is 19.6. The first-order valence-electron chi connectivity index (χ1n) is 11.6. The zero-order valence-electron chi connectivity index (χ0n) is 19.6. The fraction of sp³-hybridized carbons (Fsp3) is 0.556. The number of ether oxygens (including phenoxy) is 2. The predicted molar refractivity (Wildman–Crippen MR) is 122 cm³/mol. The van der Waals surface area contributed by atoms with Crippen molar-refractivity contribution in [2.45, 2.75) is 65.4 Å². The lowest BCUT2D eigenvalue weighted by molar-refractivity contribution is -0.174. The van der Waals surface area contributed by atoms with Gasteiger partial charge in [0, 0.05) is 29.4 Å². The van der Waals surface area contributed by atoms with Gasteiger partial charge in [0.25, 0.3) is 0 Å². The largest absolute Gasteiger partial charge is 0.497 e. The summed E-state index contributed by atoms with van der Waals surface area (Å²) in [6.45, 7) is 8.71. The summed E-state index contributed by atoms with van der Waals surface area (Å²) in [5.74, 6) is 2.72. The second kappa shape index (κ2) is 6.97. The number of hydrogen-bond acceptors (Lipinski definition) is 5. The molecule has 5 heteroatoms. The fourth-order valence-corrected chi connectivity index (χ4v) is 7.01. The highest BCUT2D eigenvalue weighted by Gasteiger charge is 2.62. The van der Waals surface area contributed by atoms with Gasteiger partial charge in [-0.1, -0.05) is 20.8 Å². The quantitative estimate of drug-likeness (QED) is 0.628. The lowest BCUT2D eigenvalue weighted by Crippen LogP contribution is -2.63. The molecule has 3 aliphatic rings. The Balaban J connectivity index is 1.54. The molecule has 1 aliphatic heterocycles. The summed E-state index contributed by atoms with van der Waals surface area (Å²) in [4.78, 5) is 25.8. The van der Waals surface area contributed by atoms with E-state index < -0.39 is 0 Å². The van der Waals surface area contributed by atoms with Crippen molar-refractivity contribution in [3.05, 3.63) is 46.3 Å². The molecule has 2 heterocycles. The maximum absolute atomic E-state index is 13.1. The van der Waals surface area contributed by atoms with Crippen LogP contribution in [0.15, 0.2) is 39.5 Å². The third kappa shape index (κ3) is 2.96. The molecular weight excluding hydrogens is 404 g/mol. The van der Waals surface area contributed by atoms with Crippen LogP contribution < -0.4 is 15.1 Å². The Morgan fingerprint density at radius 3 is 2.41 bits per heavy atom. The number of benzene rings is 1. The minimum atomic E-state index is -0.361. The van der Waals surface area contributed by atoms with Crippen molar-refractivity contribution in [1.29, 1.82) is 0 Å². The van der Waals surface area contributed by atoms with Crippen molar-refractivity contribution >= 4 is 5.78 Å². The van der Waals surface area contributed by atoms with Crippen LogP contribution in [0, 0.1) is 22.7 Å². The number of ketones is 1. The van der Waals surface area contributed by atoms with Crippen molar-refractivity contribution < 1.29 is 18.7 Å². The number of methoxy groups -OCH3 is 1. The van der Waals surface area contributed by atoms with E-state index in [1.807, 2.05) is 30.3 Å². The van der Waals surface area contributed by atoms with Gasteiger partial charge in [0.1, 0.15) is 28.6 Å². The van der Waals surface area contributed by atoms with Gasteiger partial charge >= 0.3 is 5.63 Å². The van der Waals surface area contributed by atoms with Crippen molar-refractivity contribution in [2.24, 2.45) is 22.7 Å². The van der Waals surface area contributed by atoms with Gasteiger partial charge in [-0.15, -0.1) is 0 Å². The maximum atomic E-state index is 13.1. The second-order valence-electron chi connectivity index (χ2n) is 10.9. The molecule has 2 fully saturated rings. The Morgan fingerprint density at radius 2 is 1.72 bits per heavy atom. The topological polar surface area (TPSA) is 65.7 Å². The molecule has 1 aromatic heterocycles. The molecule has 0 spiro atoms. The molecular formula is C27H32O5. The van der Waals surface area contributed by atoms with Gasteiger partial charge in [0.05, 0.1) is 12.7 Å². The summed E-state index contributed by atoms with van der Waals surface area (Å²) in [5.41, 5.74) is 0.360. The Bertz CT molecular complexity index is 1130. The molecule has 2 aliphatic carbocycles. The molecule has 2 saturated carbocycles. The van der Waals surface area contributed by atoms with Crippen LogP contribution in [0.25, 0.3) is 11.3 Å². The molecule has 0 bridgehead atoms. The number of carbonyl (C=O) groups is 1. The van der Waals surface area contributed by atoms with Crippen LogP contribution in [0.4, 0.5) is 0 Å². The number of Topliss-reactive ketones (excluding diaryl/α,β-unsaturated/α-hetero) is 1. The van der Waals surface area contributed by atoms with Crippen molar-refractivity contribution in [3.8, 4) is 22.8 Å². The fourth-order valence-electron chi connectivity index (χ4n) is 7.01. The monoisotopic (exact) mass is 436 g/mol. The number of hydrogen-bond donors (Lipinski definition) is 0. The minimum absolute atomic E-state index is 0.0524. The number of rotatable bonds is 2. The molecule has 1 aromatic carbocycles. The smallest absolute Gasteiger partial charge is 0.343 e. The second-order valence-corrected chi connectivity index (χ2v) is 10.9. The Morgan fingerprint density at radius 1 is 1.00 bits per heavy atom. The Kier molecular flexibility index (Phi) is 4.64. The molecule has 4 atom stereocenters. The first-order valence-corrected chi connectivity index (χ1v) is 11.6. The first kappa shape index (κ1) is 21.3. The summed E-state index contributed by atoms with van der Waals surface area (Å²) in [6.07, 6.45) is 3.93. The Hall–Kier alpha value is -2.56. The molecule has 0 N–H and O–H groups in total. The average molecular weight is 437 g/mol. The van der Waals surface area contributed by atoms with Crippen LogP contribution in [0.5, 0.6) is 11.5 Å². The maximum Gasteiger partial charge on any atom is 0.343 e. The molecule has 0 saturated heterocycles. The normalized spacial score (nSPS) is 32.8. The van der Waals surface area contributed by atoms with Gasteiger partial charge in [-0.2, -0.15) is 0 Å². The summed E-state index contributed by atoms with van der Waals surface area (Å²) in [5, 5.41) is 0. The van der Waals surface area contributed by atoms with Crippen LogP contribution in [-0.2, 0) is 11.2 Å². The van der Waals surface area contributed by atoms with Crippen molar-refractivity contribution in [2.75, 3.05) is 7.11 Å². The molecule has 170 valence electrons. The van der Waals surface area contributed by atoms with Crippen molar-refractivity contribution in [1.82, 2.24) is 0 Å². The van der Waals surface area contributed by atoms with E-state index in [1.165, 1.54) is 0 Å². The molecule has 0 radical (unpaired) electrons. The van der Waals surface area contributed by atoms with E-state index in [1.54, 1.807) is 7.11 Å². The number of carbonyl (C=O) groups excluding carboxylic acids is 1. The third-order valence-electron chi connectivity index (χ3n) is 8.87. The van der Waals surface area contributed by atoms with E-state index in [2.05, 4.69) is 27.7 Å². The minimum Gasteiger partial charge on any atom is -0.497 e. The van der Waals surface area contributed by atoms with E-state index in [9.17, 15) is 9.59 Å². The van der Waals surface area contributed by atoms with Gasteiger partial charge in [-0.25, -0.2) is 4.79 Å². The summed E-state index contributed by atoms with van der Waals surface area (Å²) < 4.78 is 17.6. The number of fused-ring (bicyclic) bond motifs is 4. The summed E-state index contributed by atoms with van der Waals surface area (Å²) >= 11 is 0. The molecule has 0 unspecified atom stereocenters. The van der Waals surface area contributed by atoms with Gasteiger partial charge in [0.2, 0.25) is 0 Å². The molecule has 2 aromatic rings. The van der Waals surface area contributed by atoms with E-state index in [0.717, 1.165) is 30.6 Å². The first-order chi connectivity index (χ1) is 15.1. The van der Waals surface area contributed by atoms with Crippen LogP contribution in [-0.4, -0.2) is 18.5 Å². The SMILES string of the molecule is COc1ccc(-c2cc3c(c(=O)o2)C[C@@H]2[C@@]4(C)CCC(=O)C(C)(C)[C@@H]4CC[C@@]2(C)O3)cc1. The lowest BCUT2D eigenvalue weighted by Gasteiger charge is -2.62. The van der Waals surface area contributed by atoms with Crippen LogP contribution in [0.3, 0.4) is 0 Å². The van der Waals surface area contributed by atoms with Crippen LogP contribution in [0.1, 0.15) is 58.9 Å². The van der Waals surface area contributed by atoms with Crippen LogP contribution >= 0.6 is 0 Å². The van der Waals surface area contributed by atoms with Gasteiger partial charge in [-0.3, -0.25) is 4.79 Å². The van der Waals surface area contributed by atoms with E-state index in [0.29, 0.717) is 41.6 Å². The molecule has 5 rings (SSSR count). The lowest BCUT2D eigenvalue weighted by atomic mass is 9.44. The van der Waals surface area contributed by atoms with Gasteiger partial charge in [0.15, 0.2) is 0 Å². The zero-order chi connectivity index (χ0) is 22.9. The van der Waals surface area contributed by atoms with Gasteiger partial charge in [-0.05, 0) is 68.2 Å². The Labute approximate surface area is 189 Å². The standard InChI is InChI=1S/C27H32O5/c1-25(2)21-10-13-27(4)22(26(21,3)12-11-23(25)28)14-18-20(32-27)15-19(31-24(18)29)16-6-8-17(30-5)9-7-16/h6-9,15,21-22H,10-14H2,1-5H3/t21-,22+,26-,27+/m0/s1. The van der Waals surface area contributed by atoms with E-state index >= 15 is 0 Å². The molecule has 5 nitrogen and oxygen atoms in total. The molecule has 0 amide bonds. The highest BCUT2D eigenvalue weighted by atomic mass is 16.5. The van der Waals surface area contributed by atoms with E-state index in [4.69, 9.17) is 13.9 Å². The summed E-state index contributed by atoms with van der Waals surface area (Å²) in [7, 11) is 1.62.